The van der Waals surface area contributed by atoms with Crippen LogP contribution in [0.25, 0.3) is 72.9 Å². The maximum atomic E-state index is 12.2. The SMILES string of the molecule is CC(C)(C)c1cc(-c2nc3c(-c4cccc(-c5ccc(-c6ccccc6)cn5)c4)ccnc3n2-c2ccccc2-c2ccccc2)c(O)c(C(C)(C)C)c1. The first-order chi connectivity index (χ1) is 26.0. The first-order valence-corrected chi connectivity index (χ1v) is 18.5. The highest BCUT2D eigenvalue weighted by Gasteiger charge is 2.29. The Labute approximate surface area is 317 Å². The zero-order valence-corrected chi connectivity index (χ0v) is 31.7. The molecule has 0 saturated carbocycles. The van der Waals surface area contributed by atoms with E-state index in [1.165, 1.54) is 0 Å². The molecule has 0 aliphatic rings. The van der Waals surface area contributed by atoms with Crippen molar-refractivity contribution >= 4 is 11.2 Å². The van der Waals surface area contributed by atoms with Crippen molar-refractivity contribution in [3.05, 3.63) is 163 Å². The molecule has 5 aromatic carbocycles. The summed E-state index contributed by atoms with van der Waals surface area (Å²) in [4.78, 5) is 15.3. The van der Waals surface area contributed by atoms with E-state index in [1.54, 1.807) is 0 Å². The number of imidazole rings is 1. The Balaban J connectivity index is 1.37. The van der Waals surface area contributed by atoms with Crippen LogP contribution in [0, 0.1) is 0 Å². The molecule has 0 aliphatic heterocycles. The summed E-state index contributed by atoms with van der Waals surface area (Å²) in [5, 5.41) is 12.2. The molecule has 0 spiro atoms. The first kappa shape index (κ1) is 34.7. The summed E-state index contributed by atoms with van der Waals surface area (Å²) in [6, 6.07) is 48.0. The molecule has 8 aromatic rings. The maximum Gasteiger partial charge on any atom is 0.165 e. The van der Waals surface area contributed by atoms with Crippen molar-refractivity contribution < 1.29 is 5.11 Å². The Morgan fingerprint density at radius 3 is 1.87 bits per heavy atom. The van der Waals surface area contributed by atoms with Gasteiger partial charge in [-0.3, -0.25) is 9.55 Å². The van der Waals surface area contributed by atoms with Gasteiger partial charge in [0.25, 0.3) is 0 Å². The Kier molecular flexibility index (Phi) is 8.74. The van der Waals surface area contributed by atoms with Crippen LogP contribution in [-0.2, 0) is 10.8 Å². The molecule has 0 saturated heterocycles. The van der Waals surface area contributed by atoms with E-state index in [0.717, 1.165) is 67.0 Å². The third-order valence-corrected chi connectivity index (χ3v) is 10.1. The van der Waals surface area contributed by atoms with Gasteiger partial charge >= 0.3 is 0 Å². The normalized spacial score (nSPS) is 12.0. The summed E-state index contributed by atoms with van der Waals surface area (Å²) in [6.07, 6.45) is 3.79. The number of nitrogens with zero attached hydrogens (tertiary/aromatic N) is 4. The summed E-state index contributed by atoms with van der Waals surface area (Å²) in [7, 11) is 0. The number of para-hydroxylation sites is 1. The van der Waals surface area contributed by atoms with Gasteiger partial charge in [-0.2, -0.15) is 0 Å². The predicted octanol–water partition coefficient (Wildman–Crippen LogP) is 12.5. The molecular weight excluding hydrogens is 661 g/mol. The summed E-state index contributed by atoms with van der Waals surface area (Å²) < 4.78 is 2.13. The van der Waals surface area contributed by atoms with E-state index in [4.69, 9.17) is 15.0 Å². The van der Waals surface area contributed by atoms with Crippen LogP contribution in [0.2, 0.25) is 0 Å². The van der Waals surface area contributed by atoms with Crippen LogP contribution < -0.4 is 0 Å². The zero-order chi connectivity index (χ0) is 37.6. The van der Waals surface area contributed by atoms with E-state index < -0.39 is 0 Å². The number of hydrogen-bond acceptors (Lipinski definition) is 4. The van der Waals surface area contributed by atoms with E-state index in [2.05, 4.69) is 149 Å². The third kappa shape index (κ3) is 6.47. The second-order valence-corrected chi connectivity index (χ2v) is 16.0. The van der Waals surface area contributed by atoms with Crippen LogP contribution in [0.3, 0.4) is 0 Å². The van der Waals surface area contributed by atoms with Gasteiger partial charge in [0.1, 0.15) is 11.3 Å². The largest absolute Gasteiger partial charge is 0.507 e. The number of aromatic nitrogens is 4. The minimum absolute atomic E-state index is 0.168. The highest BCUT2D eigenvalue weighted by Crippen LogP contribution is 2.45. The third-order valence-electron chi connectivity index (χ3n) is 10.1. The quantitative estimate of drug-likeness (QED) is 0.187. The summed E-state index contributed by atoms with van der Waals surface area (Å²) in [5.74, 6) is 0.870. The number of aromatic hydroxyl groups is 1. The van der Waals surface area contributed by atoms with E-state index >= 15 is 0 Å². The van der Waals surface area contributed by atoms with Crippen molar-refractivity contribution in [3.8, 4) is 67.5 Å². The average Bonchev–Trinajstić information content (AvgIpc) is 3.57. The molecule has 0 bridgehead atoms. The Bertz CT molecular complexity index is 2610. The lowest BCUT2D eigenvalue weighted by molar-refractivity contribution is 0.446. The molecule has 0 aliphatic carbocycles. The maximum absolute atomic E-state index is 12.2. The molecule has 3 heterocycles. The molecular formula is C49H44N4O. The van der Waals surface area contributed by atoms with Crippen molar-refractivity contribution in [2.24, 2.45) is 0 Å². The van der Waals surface area contributed by atoms with Crippen molar-refractivity contribution in [1.82, 2.24) is 19.5 Å². The topological polar surface area (TPSA) is 63.8 Å². The van der Waals surface area contributed by atoms with Gasteiger partial charge in [-0.05, 0) is 63.4 Å². The molecule has 0 atom stereocenters. The molecule has 1 N–H and O–H groups in total. The van der Waals surface area contributed by atoms with E-state index in [9.17, 15) is 5.11 Å². The van der Waals surface area contributed by atoms with Crippen molar-refractivity contribution in [2.45, 2.75) is 52.4 Å². The fraction of sp³-hybridized carbons (Fsp3) is 0.163. The second kappa shape index (κ2) is 13.6. The van der Waals surface area contributed by atoms with E-state index in [0.29, 0.717) is 17.0 Å². The molecule has 0 unspecified atom stereocenters. The predicted molar refractivity (Wildman–Crippen MR) is 223 cm³/mol. The Hall–Kier alpha value is -6.33. The van der Waals surface area contributed by atoms with Gasteiger partial charge in [-0.1, -0.05) is 151 Å². The van der Waals surface area contributed by atoms with Crippen molar-refractivity contribution in [3.63, 3.8) is 0 Å². The standard InChI is InChI=1S/C49H44N4O/c1-48(2,3)37-29-40(45(54)41(30-37)49(4,5)6)46-52-44-39(26-27-50-47(44)53(46)43-23-14-13-22-38(43)33-18-11-8-12-19-33)34-20-15-21-35(28-34)42-25-24-36(31-51-42)32-16-9-7-10-17-32/h7-31,54H,1-6H3. The number of hydrogen-bond donors (Lipinski definition) is 1. The van der Waals surface area contributed by atoms with Gasteiger partial charge in [-0.25, -0.2) is 9.97 Å². The lowest BCUT2D eigenvalue weighted by Gasteiger charge is -2.27. The molecule has 0 fully saturated rings. The molecule has 8 rings (SSSR count). The van der Waals surface area contributed by atoms with Crippen LogP contribution in [0.1, 0.15) is 52.7 Å². The van der Waals surface area contributed by atoms with Gasteiger partial charge in [-0.15, -0.1) is 0 Å². The number of phenolic OH excluding ortho intramolecular Hbond substituents is 1. The van der Waals surface area contributed by atoms with Crippen LogP contribution in [0.15, 0.2) is 152 Å². The fourth-order valence-corrected chi connectivity index (χ4v) is 7.17. The molecule has 5 nitrogen and oxygen atoms in total. The highest BCUT2D eigenvalue weighted by atomic mass is 16.3. The van der Waals surface area contributed by atoms with Crippen LogP contribution >= 0.6 is 0 Å². The monoisotopic (exact) mass is 704 g/mol. The minimum Gasteiger partial charge on any atom is -0.507 e. The van der Waals surface area contributed by atoms with Gasteiger partial charge in [0.05, 0.1) is 16.9 Å². The van der Waals surface area contributed by atoms with Crippen molar-refractivity contribution in [1.29, 1.82) is 0 Å². The molecule has 3 aromatic heterocycles. The Morgan fingerprint density at radius 1 is 0.519 bits per heavy atom. The van der Waals surface area contributed by atoms with Crippen LogP contribution in [0.5, 0.6) is 5.75 Å². The fourth-order valence-electron chi connectivity index (χ4n) is 7.17. The van der Waals surface area contributed by atoms with Gasteiger partial charge in [0.2, 0.25) is 0 Å². The van der Waals surface area contributed by atoms with Crippen LogP contribution in [-0.4, -0.2) is 24.6 Å². The van der Waals surface area contributed by atoms with Crippen LogP contribution in [0.4, 0.5) is 0 Å². The second-order valence-electron chi connectivity index (χ2n) is 16.0. The number of pyridine rings is 2. The number of phenols is 1. The molecule has 54 heavy (non-hydrogen) atoms. The Morgan fingerprint density at radius 2 is 1.19 bits per heavy atom. The summed E-state index contributed by atoms with van der Waals surface area (Å²) >= 11 is 0. The van der Waals surface area contributed by atoms with Gasteiger partial charge in [0.15, 0.2) is 11.5 Å². The zero-order valence-electron chi connectivity index (χ0n) is 31.7. The first-order valence-electron chi connectivity index (χ1n) is 18.5. The lowest BCUT2D eigenvalue weighted by atomic mass is 9.79. The minimum atomic E-state index is -0.309. The smallest absolute Gasteiger partial charge is 0.165 e. The summed E-state index contributed by atoms with van der Waals surface area (Å²) in [6.45, 7) is 13.0. The molecule has 0 amide bonds. The molecule has 0 radical (unpaired) electrons. The molecule has 5 heteroatoms. The van der Waals surface area contributed by atoms with Gasteiger partial charge < -0.3 is 5.11 Å². The van der Waals surface area contributed by atoms with E-state index in [-0.39, 0.29) is 16.6 Å². The van der Waals surface area contributed by atoms with E-state index in [1.807, 2.05) is 48.8 Å². The molecule has 266 valence electrons. The summed E-state index contributed by atoms with van der Waals surface area (Å²) in [5.41, 5.74) is 12.8. The number of benzene rings is 5. The average molecular weight is 705 g/mol. The lowest BCUT2D eigenvalue weighted by Crippen LogP contribution is -2.17. The van der Waals surface area contributed by atoms with Gasteiger partial charge in [0, 0.05) is 40.2 Å². The number of rotatable bonds is 6. The van der Waals surface area contributed by atoms with Crippen molar-refractivity contribution in [2.75, 3.05) is 0 Å². The highest BCUT2D eigenvalue weighted by molar-refractivity contribution is 5.95. The number of fused-ring (bicyclic) bond motifs is 1.